The molecule has 0 saturated heterocycles. The molecule has 0 aromatic carbocycles. The van der Waals surface area contributed by atoms with Crippen LogP contribution in [0.3, 0.4) is 0 Å². The zero-order chi connectivity index (χ0) is 20.6. The number of hydrogen-bond donors (Lipinski definition) is 1. The predicted octanol–water partition coefficient (Wildman–Crippen LogP) is 6.62. The van der Waals surface area contributed by atoms with Gasteiger partial charge in [-0.2, -0.15) is 43.9 Å². The first-order chi connectivity index (χ1) is 11.7. The number of allylic oxidation sites excluding steroid dienone is 2. The smallest absolute Gasteiger partial charge is 0.377 e. The van der Waals surface area contributed by atoms with Crippen LogP contribution in [0.4, 0.5) is 43.9 Å². The van der Waals surface area contributed by atoms with E-state index in [0.717, 1.165) is 12.8 Å². The Morgan fingerprint density at radius 2 is 1.04 bits per heavy atom. The Morgan fingerprint density at radius 3 is 1.42 bits per heavy atom. The van der Waals surface area contributed by atoms with Crippen LogP contribution in [0.1, 0.15) is 44.9 Å². The van der Waals surface area contributed by atoms with Gasteiger partial charge in [-0.3, -0.25) is 0 Å². The van der Waals surface area contributed by atoms with E-state index in [1.165, 1.54) is 0 Å². The van der Waals surface area contributed by atoms with Gasteiger partial charge in [0.2, 0.25) is 0 Å². The second-order valence-electron chi connectivity index (χ2n) is 5.58. The highest BCUT2D eigenvalue weighted by molar-refractivity contribution is 7.31. The lowest BCUT2D eigenvalue weighted by molar-refractivity contribution is -0.308. The lowest BCUT2D eigenvalue weighted by Gasteiger charge is -2.29. The van der Waals surface area contributed by atoms with Crippen LogP contribution in [0.2, 0.25) is 0 Å². The van der Waals surface area contributed by atoms with Crippen molar-refractivity contribution in [3.05, 3.63) is 11.6 Å². The summed E-state index contributed by atoms with van der Waals surface area (Å²) >= 11 is 0. The maximum absolute atomic E-state index is 13.2. The normalized spacial score (nSPS) is 14.3. The van der Waals surface area contributed by atoms with E-state index in [0.29, 0.717) is 19.0 Å². The highest BCUT2D eigenvalue weighted by Gasteiger charge is 2.72. The second kappa shape index (κ2) is 10.1. The first-order valence-corrected chi connectivity index (χ1v) is 8.82. The third-order valence-corrected chi connectivity index (χ3v) is 4.06. The van der Waals surface area contributed by atoms with E-state index in [2.05, 4.69) is 0 Å². The molecule has 0 saturated carbocycles. The van der Waals surface area contributed by atoms with Gasteiger partial charge in [-0.1, -0.05) is 31.8 Å². The van der Waals surface area contributed by atoms with Gasteiger partial charge in [-0.15, -0.1) is 0 Å². The standard InChI is InChI=1S/C14H19F10OP/c15-11(16,13(19,20)21)10(12(17,18)14(22,23)24)8-6-4-2-1-3-5-7-9-26-25/h8,25-26H,1-7,9H2. The second-order valence-corrected chi connectivity index (χ2v) is 6.40. The van der Waals surface area contributed by atoms with Crippen molar-refractivity contribution in [2.24, 2.45) is 0 Å². The lowest BCUT2D eigenvalue weighted by atomic mass is 9.98. The van der Waals surface area contributed by atoms with Crippen molar-refractivity contribution >= 4 is 8.81 Å². The fraction of sp³-hybridized carbons (Fsp3) is 0.857. The Labute approximate surface area is 145 Å². The summed E-state index contributed by atoms with van der Waals surface area (Å²) in [6.45, 7) is 0. The van der Waals surface area contributed by atoms with Crippen molar-refractivity contribution < 1.29 is 48.8 Å². The fourth-order valence-corrected chi connectivity index (χ4v) is 2.47. The summed E-state index contributed by atoms with van der Waals surface area (Å²) in [6.07, 6.45) is -10.8. The van der Waals surface area contributed by atoms with Gasteiger partial charge in [-0.05, 0) is 25.4 Å². The van der Waals surface area contributed by atoms with Gasteiger partial charge in [-0.25, -0.2) is 0 Å². The van der Waals surface area contributed by atoms with E-state index in [4.69, 9.17) is 4.89 Å². The summed E-state index contributed by atoms with van der Waals surface area (Å²) in [5.41, 5.74) is -3.28. The van der Waals surface area contributed by atoms with Crippen LogP contribution in [-0.2, 0) is 0 Å². The molecule has 1 N–H and O–H groups in total. The van der Waals surface area contributed by atoms with Crippen LogP contribution in [-0.4, -0.2) is 35.3 Å². The molecule has 26 heavy (non-hydrogen) atoms. The van der Waals surface area contributed by atoms with E-state index in [1.807, 2.05) is 0 Å². The lowest BCUT2D eigenvalue weighted by Crippen LogP contribution is -2.50. The minimum Gasteiger partial charge on any atom is -0.377 e. The maximum Gasteiger partial charge on any atom is 0.457 e. The highest BCUT2D eigenvalue weighted by atomic mass is 31.1. The monoisotopic (exact) mass is 424 g/mol. The number of unbranched alkanes of at least 4 members (excludes halogenated alkanes) is 6. The van der Waals surface area contributed by atoms with Crippen molar-refractivity contribution in [3.8, 4) is 0 Å². The molecule has 1 unspecified atom stereocenters. The van der Waals surface area contributed by atoms with Gasteiger partial charge >= 0.3 is 24.2 Å². The Bertz CT molecular complexity index is 414. The van der Waals surface area contributed by atoms with Crippen LogP contribution in [0.25, 0.3) is 0 Å². The molecular formula is C14H19F10OP. The minimum atomic E-state index is -6.57. The molecule has 0 heterocycles. The van der Waals surface area contributed by atoms with Crippen molar-refractivity contribution in [2.45, 2.75) is 69.1 Å². The first kappa shape index (κ1) is 25.4. The molecule has 0 aliphatic heterocycles. The third-order valence-electron chi connectivity index (χ3n) is 3.48. The summed E-state index contributed by atoms with van der Waals surface area (Å²) in [5, 5.41) is 0. The van der Waals surface area contributed by atoms with Crippen LogP contribution < -0.4 is 0 Å². The fourth-order valence-electron chi connectivity index (χ4n) is 2.06. The molecule has 12 heteroatoms. The Morgan fingerprint density at radius 1 is 0.654 bits per heavy atom. The largest absolute Gasteiger partial charge is 0.457 e. The molecule has 0 aromatic heterocycles. The summed E-state index contributed by atoms with van der Waals surface area (Å²) in [5.74, 6) is -12.6. The van der Waals surface area contributed by atoms with Gasteiger partial charge in [0.1, 0.15) is 0 Å². The number of hydrogen-bond acceptors (Lipinski definition) is 1. The molecule has 0 aromatic rings. The molecule has 0 aliphatic rings. The molecule has 0 rings (SSSR count). The average molecular weight is 424 g/mol. The van der Waals surface area contributed by atoms with Gasteiger partial charge in [0, 0.05) is 8.81 Å². The Balaban J connectivity index is 4.97. The van der Waals surface area contributed by atoms with Gasteiger partial charge in [0.15, 0.2) is 0 Å². The number of halogens is 10. The molecule has 1 nitrogen and oxygen atoms in total. The van der Waals surface area contributed by atoms with E-state index < -0.39 is 36.2 Å². The predicted molar refractivity (Wildman–Crippen MR) is 77.8 cm³/mol. The maximum atomic E-state index is 13.2. The number of alkyl halides is 10. The summed E-state index contributed by atoms with van der Waals surface area (Å²) in [4.78, 5) is 8.58. The quantitative estimate of drug-likeness (QED) is 0.171. The van der Waals surface area contributed by atoms with E-state index in [-0.39, 0.29) is 27.7 Å². The molecule has 0 fully saturated rings. The summed E-state index contributed by atoms with van der Waals surface area (Å²) < 4.78 is 126. The molecular weight excluding hydrogens is 405 g/mol. The van der Waals surface area contributed by atoms with Gasteiger partial charge < -0.3 is 4.89 Å². The zero-order valence-corrected chi connectivity index (χ0v) is 14.5. The highest BCUT2D eigenvalue weighted by Crippen LogP contribution is 2.52. The topological polar surface area (TPSA) is 20.2 Å². The van der Waals surface area contributed by atoms with Crippen molar-refractivity contribution in [3.63, 3.8) is 0 Å². The molecule has 0 bridgehead atoms. The molecule has 0 radical (unpaired) electrons. The van der Waals surface area contributed by atoms with Crippen LogP contribution in [0, 0.1) is 0 Å². The summed E-state index contributed by atoms with van der Waals surface area (Å²) in [7, 11) is -0.188. The Hall–Kier alpha value is -0.570. The minimum absolute atomic E-state index is 0.104. The van der Waals surface area contributed by atoms with E-state index in [9.17, 15) is 43.9 Å². The van der Waals surface area contributed by atoms with Crippen LogP contribution in [0.15, 0.2) is 11.6 Å². The average Bonchev–Trinajstić information content (AvgIpc) is 2.46. The number of rotatable bonds is 11. The molecule has 0 amide bonds. The van der Waals surface area contributed by atoms with Crippen molar-refractivity contribution in [2.75, 3.05) is 6.16 Å². The van der Waals surface area contributed by atoms with Gasteiger partial charge in [0.25, 0.3) is 0 Å². The molecule has 156 valence electrons. The van der Waals surface area contributed by atoms with E-state index in [1.54, 1.807) is 0 Å². The molecule has 0 spiro atoms. The van der Waals surface area contributed by atoms with Crippen LogP contribution >= 0.6 is 8.81 Å². The van der Waals surface area contributed by atoms with Crippen LogP contribution in [0.5, 0.6) is 0 Å². The zero-order valence-electron chi connectivity index (χ0n) is 13.5. The van der Waals surface area contributed by atoms with Crippen molar-refractivity contribution in [1.29, 1.82) is 0 Å². The Kier molecular flexibility index (Phi) is 9.88. The molecule has 0 aliphatic carbocycles. The SMILES string of the molecule is OPCCCCCCCCC=C(C(F)(F)C(F)(F)F)C(F)(F)C(F)(F)F. The van der Waals surface area contributed by atoms with Crippen molar-refractivity contribution in [1.82, 2.24) is 0 Å². The first-order valence-electron chi connectivity index (χ1n) is 7.66. The van der Waals surface area contributed by atoms with Gasteiger partial charge in [0.05, 0.1) is 5.57 Å². The summed E-state index contributed by atoms with van der Waals surface area (Å²) in [6, 6.07) is 0. The van der Waals surface area contributed by atoms with E-state index >= 15 is 0 Å². The molecule has 1 atom stereocenters. The third kappa shape index (κ3) is 7.21.